The number of rotatable bonds is 9. The molecule has 0 spiro atoms. The van der Waals surface area contributed by atoms with Crippen LogP contribution >= 0.6 is 0 Å². The fourth-order valence-electron chi connectivity index (χ4n) is 5.04. The van der Waals surface area contributed by atoms with E-state index < -0.39 is 0 Å². The molecule has 6 rings (SSSR count). The fraction of sp³-hybridized carbons (Fsp3) is 0.250. The Bertz CT molecular complexity index is 1560. The van der Waals surface area contributed by atoms with Crippen LogP contribution in [0.2, 0.25) is 0 Å². The average molecular weight is 536 g/mol. The molecule has 40 heavy (non-hydrogen) atoms. The highest BCUT2D eigenvalue weighted by atomic mass is 16.5. The molecule has 1 saturated heterocycles. The van der Waals surface area contributed by atoms with Crippen LogP contribution in [0.25, 0.3) is 22.2 Å². The second kappa shape index (κ2) is 11.8. The molecular weight excluding hydrogens is 502 g/mol. The summed E-state index contributed by atoms with van der Waals surface area (Å²) in [6.07, 6.45) is 0. The minimum atomic E-state index is 0.108. The molecule has 1 aliphatic heterocycles. The van der Waals surface area contributed by atoms with Crippen molar-refractivity contribution in [1.82, 2.24) is 19.7 Å². The van der Waals surface area contributed by atoms with Crippen LogP contribution in [0, 0.1) is 0 Å². The number of nitrogens with zero attached hydrogens (tertiary/aromatic N) is 5. The van der Waals surface area contributed by atoms with Crippen LogP contribution in [-0.4, -0.2) is 57.7 Å². The Kier molecular flexibility index (Phi) is 7.61. The first-order chi connectivity index (χ1) is 19.7. The molecule has 0 amide bonds. The van der Waals surface area contributed by atoms with Crippen molar-refractivity contribution >= 4 is 16.6 Å². The lowest BCUT2D eigenvalue weighted by molar-refractivity contribution is 0.102. The number of benzene rings is 3. The normalized spacial score (nSPS) is 14.0. The van der Waals surface area contributed by atoms with Gasteiger partial charge in [0.05, 0.1) is 17.8 Å². The molecule has 0 atom stereocenters. The molecule has 0 saturated carbocycles. The van der Waals surface area contributed by atoms with Crippen molar-refractivity contribution in [2.24, 2.45) is 7.05 Å². The van der Waals surface area contributed by atoms with Crippen molar-refractivity contribution in [3.05, 3.63) is 102 Å². The first kappa shape index (κ1) is 25.9. The van der Waals surface area contributed by atoms with Gasteiger partial charge < -0.3 is 19.5 Å². The number of pyridine rings is 1. The van der Waals surface area contributed by atoms with E-state index in [2.05, 4.69) is 28.0 Å². The van der Waals surface area contributed by atoms with Gasteiger partial charge in [0.25, 0.3) is 0 Å². The molecule has 3 aromatic carbocycles. The zero-order chi connectivity index (χ0) is 27.3. The third kappa shape index (κ3) is 5.64. The lowest BCUT2D eigenvalue weighted by atomic mass is 10.1. The molecule has 1 N–H and O–H groups in total. The van der Waals surface area contributed by atoms with Gasteiger partial charge in [0, 0.05) is 50.4 Å². The lowest BCUT2D eigenvalue weighted by Crippen LogP contribution is -2.46. The summed E-state index contributed by atoms with van der Waals surface area (Å²) in [5.74, 6) is 0.985. The summed E-state index contributed by atoms with van der Waals surface area (Å²) in [7, 11) is 1.97. The molecule has 204 valence electrons. The summed E-state index contributed by atoms with van der Waals surface area (Å²) in [5.41, 5.74) is 5.96. The van der Waals surface area contributed by atoms with E-state index in [9.17, 15) is 5.11 Å². The van der Waals surface area contributed by atoms with Gasteiger partial charge in [0.2, 0.25) is 11.8 Å². The maximum Gasteiger partial charge on any atom is 0.226 e. The Hall–Kier alpha value is -4.40. The standard InChI is InChI=1S/C32H33N5O3/c1-35-29-20-26(37-18-16-36(23-38)17-19-37)12-13-27(29)31(34-35)28-14-15-30(39-21-24-8-4-2-5-9-24)33-32(28)40-22-25-10-6-3-7-11-25/h2-15,20,38H,16-19,21-23H2,1H3. The minimum Gasteiger partial charge on any atom is -0.473 e. The zero-order valence-corrected chi connectivity index (χ0v) is 22.6. The van der Waals surface area contributed by atoms with Gasteiger partial charge in [-0.2, -0.15) is 10.1 Å². The number of hydrogen-bond donors (Lipinski definition) is 1. The lowest BCUT2D eigenvalue weighted by Gasteiger charge is -2.35. The number of fused-ring (bicyclic) bond motifs is 1. The zero-order valence-electron chi connectivity index (χ0n) is 22.6. The third-order valence-electron chi connectivity index (χ3n) is 7.31. The molecule has 8 heteroatoms. The second-order valence-corrected chi connectivity index (χ2v) is 9.97. The van der Waals surface area contributed by atoms with E-state index in [0.717, 1.165) is 65.2 Å². The van der Waals surface area contributed by atoms with Gasteiger partial charge in [0.15, 0.2) is 0 Å². The highest BCUT2D eigenvalue weighted by Crippen LogP contribution is 2.36. The van der Waals surface area contributed by atoms with E-state index in [1.807, 2.05) is 84.5 Å². The van der Waals surface area contributed by atoms with Crippen LogP contribution in [0.15, 0.2) is 91.0 Å². The maximum atomic E-state index is 9.43. The first-order valence-electron chi connectivity index (χ1n) is 13.6. The van der Waals surface area contributed by atoms with Crippen molar-refractivity contribution < 1.29 is 14.6 Å². The molecule has 5 aromatic rings. The molecule has 3 heterocycles. The van der Waals surface area contributed by atoms with Crippen LogP contribution in [0.3, 0.4) is 0 Å². The molecule has 2 aromatic heterocycles. The molecule has 0 unspecified atom stereocenters. The first-order valence-corrected chi connectivity index (χ1v) is 13.6. The van der Waals surface area contributed by atoms with Gasteiger partial charge in [-0.25, -0.2) is 0 Å². The molecule has 8 nitrogen and oxygen atoms in total. The van der Waals surface area contributed by atoms with E-state index in [-0.39, 0.29) is 6.73 Å². The highest BCUT2D eigenvalue weighted by molar-refractivity contribution is 5.96. The van der Waals surface area contributed by atoms with Gasteiger partial charge in [-0.05, 0) is 35.4 Å². The Morgan fingerprint density at radius 3 is 2.12 bits per heavy atom. The van der Waals surface area contributed by atoms with Crippen molar-refractivity contribution in [3.63, 3.8) is 0 Å². The SMILES string of the molecule is Cn1nc(-c2ccc(OCc3ccccc3)nc2OCc2ccccc2)c2ccc(N3CCN(CO)CC3)cc21. The summed E-state index contributed by atoms with van der Waals surface area (Å²) in [4.78, 5) is 9.18. The molecule has 1 fully saturated rings. The topological polar surface area (TPSA) is 75.9 Å². The van der Waals surface area contributed by atoms with Gasteiger partial charge in [0.1, 0.15) is 18.9 Å². The summed E-state index contributed by atoms with van der Waals surface area (Å²) in [5, 5.41) is 15.4. The molecule has 0 aliphatic carbocycles. The Balaban J connectivity index is 1.31. The van der Waals surface area contributed by atoms with Crippen molar-refractivity contribution in [3.8, 4) is 23.0 Å². The highest BCUT2D eigenvalue weighted by Gasteiger charge is 2.21. The molecule has 1 aliphatic rings. The predicted molar refractivity (Wildman–Crippen MR) is 156 cm³/mol. The number of aromatic nitrogens is 3. The summed E-state index contributed by atoms with van der Waals surface area (Å²) in [6.45, 7) is 4.36. The van der Waals surface area contributed by atoms with Crippen molar-refractivity contribution in [2.45, 2.75) is 13.2 Å². The summed E-state index contributed by atoms with van der Waals surface area (Å²) >= 11 is 0. The smallest absolute Gasteiger partial charge is 0.226 e. The number of piperazine rings is 1. The number of anilines is 1. The molecule has 0 bridgehead atoms. The van der Waals surface area contributed by atoms with Gasteiger partial charge in [-0.3, -0.25) is 9.58 Å². The van der Waals surface area contributed by atoms with Crippen LogP contribution < -0.4 is 14.4 Å². The fourth-order valence-corrected chi connectivity index (χ4v) is 5.04. The largest absolute Gasteiger partial charge is 0.473 e. The van der Waals surface area contributed by atoms with E-state index in [4.69, 9.17) is 19.6 Å². The van der Waals surface area contributed by atoms with Crippen molar-refractivity contribution in [1.29, 1.82) is 0 Å². The Labute approximate surface area is 234 Å². The van der Waals surface area contributed by atoms with E-state index in [1.165, 1.54) is 0 Å². The summed E-state index contributed by atoms with van der Waals surface area (Å²) in [6, 6.07) is 30.4. The number of aliphatic hydroxyl groups is 1. The van der Waals surface area contributed by atoms with Crippen molar-refractivity contribution in [2.75, 3.05) is 37.8 Å². The average Bonchev–Trinajstić information content (AvgIpc) is 3.35. The monoisotopic (exact) mass is 535 g/mol. The van der Waals surface area contributed by atoms with Gasteiger partial charge >= 0.3 is 0 Å². The number of aliphatic hydroxyl groups excluding tert-OH is 1. The minimum absolute atomic E-state index is 0.108. The third-order valence-corrected chi connectivity index (χ3v) is 7.31. The quantitative estimate of drug-likeness (QED) is 0.289. The second-order valence-electron chi connectivity index (χ2n) is 9.97. The van der Waals surface area contributed by atoms with Gasteiger partial charge in [-0.15, -0.1) is 0 Å². The summed E-state index contributed by atoms with van der Waals surface area (Å²) < 4.78 is 14.2. The number of aryl methyl sites for hydroxylation is 1. The Morgan fingerprint density at radius 1 is 0.775 bits per heavy atom. The van der Waals surface area contributed by atoms with Crippen LogP contribution in [0.4, 0.5) is 5.69 Å². The Morgan fingerprint density at radius 2 is 1.45 bits per heavy atom. The molecular formula is C32H33N5O3. The van der Waals surface area contributed by atoms with Crippen LogP contribution in [-0.2, 0) is 20.3 Å². The molecule has 0 radical (unpaired) electrons. The van der Waals surface area contributed by atoms with E-state index in [1.54, 1.807) is 0 Å². The maximum absolute atomic E-state index is 9.43. The van der Waals surface area contributed by atoms with Gasteiger partial charge in [-0.1, -0.05) is 60.7 Å². The predicted octanol–water partition coefficient (Wildman–Crippen LogP) is 4.87. The van der Waals surface area contributed by atoms with Crippen LogP contribution in [0.5, 0.6) is 11.8 Å². The van der Waals surface area contributed by atoms with E-state index in [0.29, 0.717) is 25.0 Å². The van der Waals surface area contributed by atoms with E-state index >= 15 is 0 Å². The number of hydrogen-bond acceptors (Lipinski definition) is 7. The number of ether oxygens (including phenoxy) is 2. The van der Waals surface area contributed by atoms with Crippen LogP contribution in [0.1, 0.15) is 11.1 Å².